The number of amides is 1. The molecule has 0 radical (unpaired) electrons. The van der Waals surface area contributed by atoms with E-state index in [4.69, 9.17) is 4.74 Å². The lowest BCUT2D eigenvalue weighted by atomic mass is 9.87. The number of methoxy groups -OCH3 is 1. The molecule has 21 heavy (non-hydrogen) atoms. The molecule has 116 valence electrons. The molecule has 1 unspecified atom stereocenters. The maximum atomic E-state index is 12.5. The number of nitrogens with zero attached hydrogens (tertiary/aromatic N) is 2. The summed E-state index contributed by atoms with van der Waals surface area (Å²) >= 11 is 0. The Balaban J connectivity index is 3.14. The van der Waals surface area contributed by atoms with Gasteiger partial charge < -0.3 is 9.64 Å². The van der Waals surface area contributed by atoms with Crippen LogP contribution in [0.15, 0.2) is 18.2 Å². The second-order valence-corrected chi connectivity index (χ2v) is 6.10. The molecule has 0 saturated heterocycles. The summed E-state index contributed by atoms with van der Waals surface area (Å²) in [5.41, 5.74) is -0.00993. The van der Waals surface area contributed by atoms with Gasteiger partial charge in [0.15, 0.2) is 5.75 Å². The highest BCUT2D eigenvalue weighted by Crippen LogP contribution is 2.29. The average molecular weight is 294 g/mol. The van der Waals surface area contributed by atoms with Gasteiger partial charge >= 0.3 is 5.69 Å². The van der Waals surface area contributed by atoms with Gasteiger partial charge in [-0.25, -0.2) is 0 Å². The molecule has 6 nitrogen and oxygen atoms in total. The zero-order chi connectivity index (χ0) is 16.4. The van der Waals surface area contributed by atoms with Crippen molar-refractivity contribution in [3.63, 3.8) is 0 Å². The summed E-state index contributed by atoms with van der Waals surface area (Å²) in [5, 5.41) is 11.0. The van der Waals surface area contributed by atoms with E-state index in [1.807, 2.05) is 27.7 Å². The van der Waals surface area contributed by atoms with Crippen LogP contribution in [0.4, 0.5) is 5.69 Å². The minimum Gasteiger partial charge on any atom is -0.490 e. The third-order valence-electron chi connectivity index (χ3n) is 3.78. The summed E-state index contributed by atoms with van der Waals surface area (Å²) < 4.78 is 4.94. The Kier molecular flexibility index (Phi) is 4.93. The standard InChI is InChI=1S/C15H22N2O4/c1-10(15(2,3)4)16(5)14(18)11-7-8-13(21-6)12(9-11)17(19)20/h7-10H,1-6H3. The molecular weight excluding hydrogens is 272 g/mol. The Bertz CT molecular complexity index is 549. The van der Waals surface area contributed by atoms with E-state index < -0.39 is 4.92 Å². The molecule has 0 aromatic heterocycles. The second-order valence-electron chi connectivity index (χ2n) is 6.10. The lowest BCUT2D eigenvalue weighted by Crippen LogP contribution is -2.42. The number of ether oxygens (including phenoxy) is 1. The quantitative estimate of drug-likeness (QED) is 0.631. The molecule has 1 amide bonds. The van der Waals surface area contributed by atoms with E-state index in [1.165, 1.54) is 19.2 Å². The molecule has 0 bridgehead atoms. The molecule has 0 spiro atoms. The molecule has 0 saturated carbocycles. The van der Waals surface area contributed by atoms with Crippen molar-refractivity contribution in [3.8, 4) is 5.75 Å². The molecule has 0 fully saturated rings. The van der Waals surface area contributed by atoms with Crippen molar-refractivity contribution in [1.29, 1.82) is 0 Å². The number of rotatable bonds is 4. The first-order valence-corrected chi connectivity index (χ1v) is 6.69. The normalized spacial score (nSPS) is 12.7. The fourth-order valence-electron chi connectivity index (χ4n) is 1.93. The van der Waals surface area contributed by atoms with Crippen LogP contribution in [-0.4, -0.2) is 35.9 Å². The summed E-state index contributed by atoms with van der Waals surface area (Å²) in [5.74, 6) is -0.105. The molecule has 1 atom stereocenters. The number of carbonyl (C=O) groups is 1. The van der Waals surface area contributed by atoms with Crippen LogP contribution in [-0.2, 0) is 0 Å². The van der Waals surface area contributed by atoms with Gasteiger partial charge in [0.25, 0.3) is 5.91 Å². The van der Waals surface area contributed by atoms with Crippen molar-refractivity contribution in [2.24, 2.45) is 5.41 Å². The van der Waals surface area contributed by atoms with E-state index in [-0.39, 0.29) is 34.4 Å². The first-order chi connectivity index (χ1) is 9.59. The lowest BCUT2D eigenvalue weighted by molar-refractivity contribution is -0.385. The van der Waals surface area contributed by atoms with Gasteiger partial charge in [-0.3, -0.25) is 14.9 Å². The highest BCUT2D eigenvalue weighted by molar-refractivity contribution is 5.95. The van der Waals surface area contributed by atoms with Crippen LogP contribution >= 0.6 is 0 Å². The SMILES string of the molecule is COc1ccc(C(=O)N(C)C(C)C(C)(C)C)cc1[N+](=O)[O-]. The summed E-state index contributed by atoms with van der Waals surface area (Å²) in [6.07, 6.45) is 0. The van der Waals surface area contributed by atoms with Gasteiger partial charge in [0.2, 0.25) is 0 Å². The zero-order valence-corrected chi connectivity index (χ0v) is 13.3. The predicted molar refractivity (Wildman–Crippen MR) is 80.7 cm³/mol. The highest BCUT2D eigenvalue weighted by Gasteiger charge is 2.28. The van der Waals surface area contributed by atoms with Crippen LogP contribution in [0, 0.1) is 15.5 Å². The van der Waals surface area contributed by atoms with Gasteiger partial charge in [-0.15, -0.1) is 0 Å². The van der Waals surface area contributed by atoms with Crippen LogP contribution in [0.3, 0.4) is 0 Å². The van der Waals surface area contributed by atoms with Gasteiger partial charge in [-0.2, -0.15) is 0 Å². The highest BCUT2D eigenvalue weighted by atomic mass is 16.6. The van der Waals surface area contributed by atoms with Crippen molar-refractivity contribution in [1.82, 2.24) is 4.90 Å². The molecule has 6 heteroatoms. The van der Waals surface area contributed by atoms with E-state index in [9.17, 15) is 14.9 Å². The number of benzene rings is 1. The second kappa shape index (κ2) is 6.11. The van der Waals surface area contributed by atoms with Crippen molar-refractivity contribution in [2.75, 3.05) is 14.2 Å². The number of nitro benzene ring substituents is 1. The van der Waals surface area contributed by atoms with Crippen molar-refractivity contribution < 1.29 is 14.5 Å². The summed E-state index contributed by atoms with van der Waals surface area (Å²) in [6.45, 7) is 8.07. The topological polar surface area (TPSA) is 72.7 Å². The molecule has 0 aliphatic carbocycles. The Labute approximate surface area is 124 Å². The number of hydrogen-bond donors (Lipinski definition) is 0. The fraction of sp³-hybridized carbons (Fsp3) is 0.533. The van der Waals surface area contributed by atoms with Gasteiger partial charge in [-0.1, -0.05) is 20.8 Å². The van der Waals surface area contributed by atoms with Crippen LogP contribution in [0.2, 0.25) is 0 Å². The maximum Gasteiger partial charge on any atom is 0.311 e. The molecule has 0 heterocycles. The molecule has 0 aliphatic rings. The van der Waals surface area contributed by atoms with Gasteiger partial charge in [0.05, 0.1) is 12.0 Å². The monoisotopic (exact) mass is 294 g/mol. The van der Waals surface area contributed by atoms with Crippen LogP contribution < -0.4 is 4.74 Å². The average Bonchev–Trinajstić information content (AvgIpc) is 2.43. The molecule has 1 aromatic rings. The van der Waals surface area contributed by atoms with E-state index in [2.05, 4.69) is 0 Å². The summed E-state index contributed by atoms with van der Waals surface area (Å²) in [4.78, 5) is 24.5. The fourth-order valence-corrected chi connectivity index (χ4v) is 1.93. The van der Waals surface area contributed by atoms with E-state index in [1.54, 1.807) is 18.0 Å². The zero-order valence-electron chi connectivity index (χ0n) is 13.3. The van der Waals surface area contributed by atoms with Crippen LogP contribution in [0.1, 0.15) is 38.1 Å². The van der Waals surface area contributed by atoms with E-state index >= 15 is 0 Å². The molecule has 0 aliphatic heterocycles. The Morgan fingerprint density at radius 3 is 2.38 bits per heavy atom. The number of hydrogen-bond acceptors (Lipinski definition) is 4. The van der Waals surface area contributed by atoms with E-state index in [0.29, 0.717) is 0 Å². The number of nitro groups is 1. The lowest BCUT2D eigenvalue weighted by Gasteiger charge is -2.35. The predicted octanol–water partition coefficient (Wildman–Crippen LogP) is 3.11. The Morgan fingerprint density at radius 1 is 1.38 bits per heavy atom. The number of carbonyl (C=O) groups excluding carboxylic acids is 1. The smallest absolute Gasteiger partial charge is 0.311 e. The first-order valence-electron chi connectivity index (χ1n) is 6.69. The van der Waals surface area contributed by atoms with Crippen LogP contribution in [0.25, 0.3) is 0 Å². The summed E-state index contributed by atoms with van der Waals surface area (Å²) in [7, 11) is 3.06. The largest absolute Gasteiger partial charge is 0.490 e. The first kappa shape index (κ1) is 16.9. The van der Waals surface area contributed by atoms with Crippen molar-refractivity contribution in [2.45, 2.75) is 33.7 Å². The van der Waals surface area contributed by atoms with Gasteiger partial charge in [0, 0.05) is 24.7 Å². The van der Waals surface area contributed by atoms with Gasteiger partial charge in [0.1, 0.15) is 0 Å². The molecule has 1 aromatic carbocycles. The van der Waals surface area contributed by atoms with Crippen molar-refractivity contribution in [3.05, 3.63) is 33.9 Å². The molecular formula is C15H22N2O4. The molecule has 0 N–H and O–H groups in total. The summed E-state index contributed by atoms with van der Waals surface area (Å²) in [6, 6.07) is 4.24. The Hall–Kier alpha value is -2.11. The van der Waals surface area contributed by atoms with Crippen LogP contribution in [0.5, 0.6) is 5.75 Å². The van der Waals surface area contributed by atoms with E-state index in [0.717, 1.165) is 0 Å². The third-order valence-corrected chi connectivity index (χ3v) is 3.78. The maximum absolute atomic E-state index is 12.5. The third kappa shape index (κ3) is 3.71. The Morgan fingerprint density at radius 2 is 1.95 bits per heavy atom. The minimum absolute atomic E-state index is 0.00819. The minimum atomic E-state index is -0.553. The van der Waals surface area contributed by atoms with Crippen molar-refractivity contribution >= 4 is 11.6 Å². The molecule has 1 rings (SSSR count). The van der Waals surface area contributed by atoms with Gasteiger partial charge in [-0.05, 0) is 24.5 Å².